The molecule has 36 heavy (non-hydrogen) atoms. The zero-order valence-corrected chi connectivity index (χ0v) is 22.6. The van der Waals surface area contributed by atoms with Crippen molar-refractivity contribution in [3.63, 3.8) is 0 Å². The third-order valence-corrected chi connectivity index (χ3v) is 8.28. The fourth-order valence-electron chi connectivity index (χ4n) is 6.76. The molecule has 2 amide bonds. The van der Waals surface area contributed by atoms with E-state index in [2.05, 4.69) is 67.8 Å². The maximum absolute atomic E-state index is 13.8. The smallest absolute Gasteiger partial charge is 0.325 e. The van der Waals surface area contributed by atoms with Gasteiger partial charge in [0, 0.05) is 49.4 Å². The molecular formula is C30H39N3O3. The van der Waals surface area contributed by atoms with Crippen molar-refractivity contribution in [2.75, 3.05) is 33.9 Å². The zero-order chi connectivity index (χ0) is 25.6. The molecule has 2 aromatic carbocycles. The number of benzene rings is 2. The largest absolute Gasteiger partial charge is 0.497 e. The van der Waals surface area contributed by atoms with E-state index < -0.39 is 0 Å². The van der Waals surface area contributed by atoms with E-state index in [-0.39, 0.29) is 17.5 Å². The molecule has 0 saturated carbocycles. The lowest BCUT2D eigenvalue weighted by Crippen LogP contribution is -2.53. The number of ether oxygens (including phenoxy) is 2. The molecule has 1 unspecified atom stereocenters. The number of hydrogen-bond acceptors (Lipinski definition) is 4. The number of piperidine rings is 1. The number of aryl methyl sites for hydroxylation is 2. The maximum Gasteiger partial charge on any atom is 0.325 e. The van der Waals surface area contributed by atoms with Gasteiger partial charge in [-0.05, 0) is 50.8 Å². The average molecular weight is 490 g/mol. The summed E-state index contributed by atoms with van der Waals surface area (Å²) in [4.78, 5) is 20.5. The molecule has 0 aliphatic carbocycles. The average Bonchev–Trinajstić information content (AvgIpc) is 2.95. The van der Waals surface area contributed by atoms with Crippen LogP contribution in [0.25, 0.3) is 0 Å². The molecule has 0 N–H and O–H groups in total. The van der Waals surface area contributed by atoms with Crippen LogP contribution in [0.5, 0.6) is 11.5 Å². The predicted octanol–water partition coefficient (Wildman–Crippen LogP) is 5.61. The minimum Gasteiger partial charge on any atom is -0.497 e. The van der Waals surface area contributed by atoms with Gasteiger partial charge in [0.1, 0.15) is 11.5 Å². The normalized spacial score (nSPS) is 21.2. The van der Waals surface area contributed by atoms with Gasteiger partial charge in [0.2, 0.25) is 0 Å². The van der Waals surface area contributed by atoms with Gasteiger partial charge in [-0.1, -0.05) is 42.3 Å². The fourth-order valence-corrected chi connectivity index (χ4v) is 6.76. The molecule has 192 valence electrons. The summed E-state index contributed by atoms with van der Waals surface area (Å²) < 4.78 is 11.3. The topological polar surface area (TPSA) is 45.3 Å². The summed E-state index contributed by atoms with van der Waals surface area (Å²) in [5.41, 5.74) is 7.17. The fraction of sp³-hybridized carbons (Fsp3) is 0.500. The Bertz CT molecular complexity index is 1180. The van der Waals surface area contributed by atoms with E-state index in [1.54, 1.807) is 14.2 Å². The van der Waals surface area contributed by atoms with Gasteiger partial charge in [-0.25, -0.2) is 4.79 Å². The van der Waals surface area contributed by atoms with Crippen LogP contribution in [0, 0.1) is 13.8 Å². The van der Waals surface area contributed by atoms with Gasteiger partial charge in [-0.15, -0.1) is 0 Å². The van der Waals surface area contributed by atoms with Crippen molar-refractivity contribution >= 4 is 6.03 Å². The van der Waals surface area contributed by atoms with Crippen LogP contribution in [0.15, 0.2) is 42.1 Å². The highest BCUT2D eigenvalue weighted by Crippen LogP contribution is 2.49. The third-order valence-electron chi connectivity index (χ3n) is 8.28. The second-order valence-electron chi connectivity index (χ2n) is 10.7. The number of urea groups is 1. The number of methoxy groups -OCH3 is 2. The van der Waals surface area contributed by atoms with Crippen molar-refractivity contribution in [1.82, 2.24) is 14.7 Å². The number of allylic oxidation sites excluding steroid dienone is 1. The van der Waals surface area contributed by atoms with Crippen LogP contribution in [0.1, 0.15) is 60.4 Å². The summed E-state index contributed by atoms with van der Waals surface area (Å²) in [5, 5.41) is 0. The molecule has 3 aliphatic rings. The van der Waals surface area contributed by atoms with Gasteiger partial charge in [-0.2, -0.15) is 0 Å². The summed E-state index contributed by atoms with van der Waals surface area (Å²) in [6.45, 7) is 12.8. The standard InChI is InChI=1S/C30H39N3O3/c1-7-33-29(34)32-19-24-16-25(35-5)17-26(36-6)28(24)22(4)15-27(32)30(33)8-10-31(11-9-30)18-23-13-20(2)12-21(3)14-23/h12-17,22H,7-11,18-19H2,1-6H3. The monoisotopic (exact) mass is 489 g/mol. The van der Waals surface area contributed by atoms with E-state index >= 15 is 0 Å². The van der Waals surface area contributed by atoms with Gasteiger partial charge in [0.05, 0.1) is 26.3 Å². The molecule has 2 saturated heterocycles. The van der Waals surface area contributed by atoms with Crippen molar-refractivity contribution < 1.29 is 14.3 Å². The number of fused-ring (bicyclic) bond motifs is 3. The van der Waals surface area contributed by atoms with E-state index in [1.165, 1.54) is 22.4 Å². The van der Waals surface area contributed by atoms with Crippen molar-refractivity contribution in [2.24, 2.45) is 0 Å². The lowest BCUT2D eigenvalue weighted by atomic mass is 9.82. The Morgan fingerprint density at radius 1 is 1.00 bits per heavy atom. The maximum atomic E-state index is 13.8. The Morgan fingerprint density at radius 3 is 2.31 bits per heavy atom. The third kappa shape index (κ3) is 4.05. The van der Waals surface area contributed by atoms with E-state index in [1.807, 2.05) is 11.0 Å². The van der Waals surface area contributed by atoms with Gasteiger partial charge in [0.15, 0.2) is 0 Å². The summed E-state index contributed by atoms with van der Waals surface area (Å²) in [6, 6.07) is 11.0. The van der Waals surface area contributed by atoms with Crippen LogP contribution in [0.4, 0.5) is 4.79 Å². The minimum absolute atomic E-state index is 0.119. The number of carbonyl (C=O) groups is 1. The molecule has 2 aromatic rings. The lowest BCUT2D eigenvalue weighted by Gasteiger charge is -2.44. The Labute approximate surface area is 215 Å². The molecule has 6 heteroatoms. The van der Waals surface area contributed by atoms with Gasteiger partial charge in [0.25, 0.3) is 0 Å². The Hall–Kier alpha value is -2.99. The van der Waals surface area contributed by atoms with Crippen LogP contribution in [-0.4, -0.2) is 60.1 Å². The SMILES string of the molecule is CCN1C(=O)N2Cc3cc(OC)cc(OC)c3C(C)C=C2C12CCN(Cc1cc(C)cc(C)c1)CC2. The molecule has 1 atom stereocenters. The van der Waals surface area contributed by atoms with Crippen molar-refractivity contribution in [2.45, 2.75) is 65.1 Å². The van der Waals surface area contributed by atoms with E-state index in [0.29, 0.717) is 13.1 Å². The van der Waals surface area contributed by atoms with E-state index in [0.717, 1.165) is 55.1 Å². The first-order valence-corrected chi connectivity index (χ1v) is 13.2. The second kappa shape index (κ2) is 9.47. The predicted molar refractivity (Wildman–Crippen MR) is 143 cm³/mol. The first kappa shape index (κ1) is 24.7. The number of rotatable bonds is 5. The highest BCUT2D eigenvalue weighted by molar-refractivity contribution is 5.83. The van der Waals surface area contributed by atoms with Crippen LogP contribution in [0.3, 0.4) is 0 Å². The summed E-state index contributed by atoms with van der Waals surface area (Å²) in [6.07, 6.45) is 4.22. The quantitative estimate of drug-likeness (QED) is 0.547. The first-order chi connectivity index (χ1) is 17.3. The molecule has 1 spiro atoms. The Morgan fingerprint density at radius 2 is 1.69 bits per heavy atom. The number of likely N-dealkylation sites (tertiary alicyclic amines) is 1. The van der Waals surface area contributed by atoms with Crippen molar-refractivity contribution in [1.29, 1.82) is 0 Å². The van der Waals surface area contributed by atoms with E-state index in [4.69, 9.17) is 9.47 Å². The van der Waals surface area contributed by atoms with Crippen molar-refractivity contribution in [3.05, 3.63) is 69.9 Å². The molecule has 5 rings (SSSR count). The van der Waals surface area contributed by atoms with Crippen LogP contribution >= 0.6 is 0 Å². The van der Waals surface area contributed by atoms with Crippen LogP contribution in [-0.2, 0) is 13.1 Å². The molecular weight excluding hydrogens is 450 g/mol. The summed E-state index contributed by atoms with van der Waals surface area (Å²) in [7, 11) is 3.38. The molecule has 0 aromatic heterocycles. The van der Waals surface area contributed by atoms with Gasteiger partial charge in [-0.3, -0.25) is 9.80 Å². The van der Waals surface area contributed by atoms with Gasteiger partial charge >= 0.3 is 6.03 Å². The Kier molecular flexibility index (Phi) is 6.50. The van der Waals surface area contributed by atoms with Gasteiger partial charge < -0.3 is 14.4 Å². The summed E-state index contributed by atoms with van der Waals surface area (Å²) in [5.74, 6) is 1.72. The molecule has 6 nitrogen and oxygen atoms in total. The highest BCUT2D eigenvalue weighted by atomic mass is 16.5. The molecule has 2 fully saturated rings. The number of nitrogens with zero attached hydrogens (tertiary/aromatic N) is 3. The minimum atomic E-state index is -0.252. The lowest BCUT2D eigenvalue weighted by molar-refractivity contribution is 0.0888. The second-order valence-corrected chi connectivity index (χ2v) is 10.7. The van der Waals surface area contributed by atoms with Crippen LogP contribution in [0.2, 0.25) is 0 Å². The van der Waals surface area contributed by atoms with Crippen molar-refractivity contribution in [3.8, 4) is 11.5 Å². The number of amides is 2. The highest BCUT2D eigenvalue weighted by Gasteiger charge is 2.54. The number of carbonyl (C=O) groups excluding carboxylic acids is 1. The molecule has 3 heterocycles. The number of likely N-dealkylation sites (N-methyl/N-ethyl adjacent to an activating group) is 1. The first-order valence-electron chi connectivity index (χ1n) is 13.2. The van der Waals surface area contributed by atoms with Crippen LogP contribution < -0.4 is 9.47 Å². The molecule has 3 aliphatic heterocycles. The zero-order valence-electron chi connectivity index (χ0n) is 22.6. The van der Waals surface area contributed by atoms with E-state index in [9.17, 15) is 4.79 Å². The molecule has 0 bridgehead atoms. The number of hydrogen-bond donors (Lipinski definition) is 0. The summed E-state index contributed by atoms with van der Waals surface area (Å²) >= 11 is 0. The Balaban J connectivity index is 1.46. The molecule has 0 radical (unpaired) electrons.